The molecule has 4 heterocycles. The van der Waals surface area contributed by atoms with Crippen LogP contribution in [0.3, 0.4) is 0 Å². The van der Waals surface area contributed by atoms with Crippen LogP contribution in [0.25, 0.3) is 71.3 Å². The van der Waals surface area contributed by atoms with Gasteiger partial charge in [-0.05, 0) is 59.7 Å². The average Bonchev–Trinajstić information content (AvgIpc) is 3.50. The quantitative estimate of drug-likeness (QED) is 0.277. The van der Waals surface area contributed by atoms with E-state index in [1.807, 2.05) is 18.3 Å². The molecule has 0 unspecified atom stereocenters. The summed E-state index contributed by atoms with van der Waals surface area (Å²) in [6, 6.07) is 32.4. The molecule has 3 heteroatoms. The van der Waals surface area contributed by atoms with Crippen molar-refractivity contribution in [3.8, 4) is 11.1 Å². The molecule has 32 heavy (non-hydrogen) atoms. The summed E-state index contributed by atoms with van der Waals surface area (Å²) in [4.78, 5) is 4.56. The van der Waals surface area contributed by atoms with Gasteiger partial charge in [0, 0.05) is 33.1 Å². The Hall–Kier alpha value is -4.37. The van der Waals surface area contributed by atoms with Crippen LogP contribution in [0.5, 0.6) is 0 Å². The van der Waals surface area contributed by atoms with Crippen molar-refractivity contribution in [3.63, 3.8) is 0 Å². The van der Waals surface area contributed by atoms with Gasteiger partial charge in [-0.15, -0.1) is 0 Å². The minimum absolute atomic E-state index is 0.825. The lowest BCUT2D eigenvalue weighted by Gasteiger charge is -2.04. The van der Waals surface area contributed by atoms with Gasteiger partial charge in [-0.3, -0.25) is 4.98 Å². The first-order valence-electron chi connectivity index (χ1n) is 10.8. The van der Waals surface area contributed by atoms with Crippen LogP contribution in [0.4, 0.5) is 0 Å². The molecular formula is C29H16N2O. The van der Waals surface area contributed by atoms with Gasteiger partial charge in [0.25, 0.3) is 0 Å². The van der Waals surface area contributed by atoms with Crippen molar-refractivity contribution in [1.29, 1.82) is 0 Å². The van der Waals surface area contributed by atoms with Crippen molar-refractivity contribution < 1.29 is 4.42 Å². The number of pyridine rings is 1. The van der Waals surface area contributed by atoms with Crippen LogP contribution >= 0.6 is 0 Å². The second kappa shape index (κ2) is 5.65. The molecule has 8 rings (SSSR count). The standard InChI is InChI=1S/C29H16N2O/c1-3-8-24-19(6-1)21-15-18(16-22-20-7-2-4-9-25(20)31(24)29(21)22)17-11-12-26-23(14-17)28-27(32-26)10-5-13-30-28/h1-16H. The lowest BCUT2D eigenvalue weighted by Crippen LogP contribution is -1.80. The zero-order valence-electron chi connectivity index (χ0n) is 17.0. The summed E-state index contributed by atoms with van der Waals surface area (Å²) in [7, 11) is 0. The van der Waals surface area contributed by atoms with Crippen molar-refractivity contribution in [1.82, 2.24) is 9.38 Å². The molecule has 0 aliphatic carbocycles. The number of para-hydroxylation sites is 2. The fourth-order valence-electron chi connectivity index (χ4n) is 5.39. The lowest BCUT2D eigenvalue weighted by atomic mass is 9.98. The second-order valence-electron chi connectivity index (χ2n) is 8.45. The van der Waals surface area contributed by atoms with Gasteiger partial charge in [0.2, 0.25) is 0 Å². The van der Waals surface area contributed by atoms with E-state index in [0.717, 1.165) is 22.1 Å². The number of furan rings is 1. The lowest BCUT2D eigenvalue weighted by molar-refractivity contribution is 0.668. The maximum atomic E-state index is 5.99. The number of benzene rings is 4. The van der Waals surface area contributed by atoms with Gasteiger partial charge in [-0.25, -0.2) is 0 Å². The van der Waals surface area contributed by atoms with Gasteiger partial charge in [0.15, 0.2) is 5.58 Å². The van der Waals surface area contributed by atoms with E-state index in [1.54, 1.807) is 0 Å². The van der Waals surface area contributed by atoms with Crippen molar-refractivity contribution in [2.24, 2.45) is 0 Å². The summed E-state index contributed by atoms with van der Waals surface area (Å²) in [5.41, 5.74) is 8.80. The van der Waals surface area contributed by atoms with Crippen molar-refractivity contribution >= 4 is 60.2 Å². The summed E-state index contributed by atoms with van der Waals surface area (Å²) < 4.78 is 8.41. The van der Waals surface area contributed by atoms with Crippen LogP contribution < -0.4 is 0 Å². The van der Waals surface area contributed by atoms with E-state index >= 15 is 0 Å². The van der Waals surface area contributed by atoms with Gasteiger partial charge in [0.1, 0.15) is 11.1 Å². The Morgan fingerprint density at radius 2 is 1.25 bits per heavy atom. The molecule has 8 aromatic rings. The van der Waals surface area contributed by atoms with Crippen LogP contribution in [-0.2, 0) is 0 Å². The highest BCUT2D eigenvalue weighted by atomic mass is 16.3. The molecule has 0 spiro atoms. The van der Waals surface area contributed by atoms with E-state index in [2.05, 4.69) is 88.2 Å². The van der Waals surface area contributed by atoms with E-state index in [-0.39, 0.29) is 0 Å². The largest absolute Gasteiger partial charge is 0.454 e. The predicted octanol–water partition coefficient (Wildman–Crippen LogP) is 7.80. The number of fused-ring (bicyclic) bond motifs is 9. The number of nitrogens with zero attached hydrogens (tertiary/aromatic N) is 2. The highest BCUT2D eigenvalue weighted by molar-refractivity contribution is 6.24. The first-order chi connectivity index (χ1) is 15.9. The number of hydrogen-bond acceptors (Lipinski definition) is 2. The summed E-state index contributed by atoms with van der Waals surface area (Å²) >= 11 is 0. The van der Waals surface area contributed by atoms with Gasteiger partial charge in [-0.1, -0.05) is 42.5 Å². The number of hydrogen-bond donors (Lipinski definition) is 0. The normalized spacial score (nSPS) is 12.4. The molecule has 0 N–H and O–H groups in total. The molecule has 0 fully saturated rings. The summed E-state index contributed by atoms with van der Waals surface area (Å²) in [6.07, 6.45) is 1.82. The topological polar surface area (TPSA) is 30.4 Å². The van der Waals surface area contributed by atoms with Gasteiger partial charge in [-0.2, -0.15) is 0 Å². The Balaban J connectivity index is 1.52. The number of aromatic nitrogens is 2. The third kappa shape index (κ3) is 1.94. The fraction of sp³-hybridized carbons (Fsp3) is 0. The molecule has 3 nitrogen and oxygen atoms in total. The van der Waals surface area contributed by atoms with E-state index in [9.17, 15) is 0 Å². The molecule has 0 amide bonds. The molecule has 148 valence electrons. The Morgan fingerprint density at radius 1 is 0.562 bits per heavy atom. The molecule has 0 saturated carbocycles. The molecule has 0 aliphatic rings. The summed E-state index contributed by atoms with van der Waals surface area (Å²) in [5, 5.41) is 6.21. The highest BCUT2D eigenvalue weighted by Gasteiger charge is 2.18. The van der Waals surface area contributed by atoms with Gasteiger partial charge in [0.05, 0.1) is 16.6 Å². The molecule has 4 aromatic heterocycles. The maximum absolute atomic E-state index is 5.99. The smallest absolute Gasteiger partial charge is 0.153 e. The summed E-state index contributed by atoms with van der Waals surface area (Å²) in [5.74, 6) is 0. The Labute approximate surface area is 182 Å². The first kappa shape index (κ1) is 16.3. The van der Waals surface area contributed by atoms with E-state index < -0.39 is 0 Å². The maximum Gasteiger partial charge on any atom is 0.153 e. The minimum Gasteiger partial charge on any atom is -0.454 e. The van der Waals surface area contributed by atoms with E-state index in [4.69, 9.17) is 4.42 Å². The van der Waals surface area contributed by atoms with E-state index in [1.165, 1.54) is 49.2 Å². The molecule has 0 aliphatic heterocycles. The third-order valence-corrected chi connectivity index (χ3v) is 6.76. The molecule has 0 bridgehead atoms. The summed E-state index contributed by atoms with van der Waals surface area (Å²) in [6.45, 7) is 0. The van der Waals surface area contributed by atoms with Crippen molar-refractivity contribution in [2.75, 3.05) is 0 Å². The van der Waals surface area contributed by atoms with E-state index in [0.29, 0.717) is 0 Å². The Morgan fingerprint density at radius 3 is 2.00 bits per heavy atom. The van der Waals surface area contributed by atoms with Gasteiger partial charge < -0.3 is 8.82 Å². The second-order valence-corrected chi connectivity index (χ2v) is 8.45. The van der Waals surface area contributed by atoms with Crippen LogP contribution in [0.2, 0.25) is 0 Å². The molecule has 4 aromatic carbocycles. The Bertz CT molecular complexity index is 1910. The fourth-order valence-corrected chi connectivity index (χ4v) is 5.39. The monoisotopic (exact) mass is 408 g/mol. The number of rotatable bonds is 1. The predicted molar refractivity (Wildman–Crippen MR) is 132 cm³/mol. The van der Waals surface area contributed by atoms with Crippen LogP contribution in [0, 0.1) is 0 Å². The van der Waals surface area contributed by atoms with Crippen LogP contribution in [0.1, 0.15) is 0 Å². The zero-order chi connectivity index (χ0) is 20.8. The molecular weight excluding hydrogens is 392 g/mol. The minimum atomic E-state index is 0.825. The van der Waals surface area contributed by atoms with Crippen molar-refractivity contribution in [3.05, 3.63) is 97.2 Å². The zero-order valence-corrected chi connectivity index (χ0v) is 17.0. The highest BCUT2D eigenvalue weighted by Crippen LogP contribution is 2.42. The van der Waals surface area contributed by atoms with Gasteiger partial charge >= 0.3 is 0 Å². The molecule has 0 atom stereocenters. The molecule has 0 radical (unpaired) electrons. The van der Waals surface area contributed by atoms with Crippen LogP contribution in [0.15, 0.2) is 102 Å². The molecule has 0 saturated heterocycles. The Kier molecular flexibility index (Phi) is 2.89. The average molecular weight is 408 g/mol. The van der Waals surface area contributed by atoms with Crippen LogP contribution in [-0.4, -0.2) is 9.38 Å². The SMILES string of the molecule is c1cnc2c(c1)oc1ccc(-c3cc4c5ccccc5n5c6ccccc6c(c3)c45)cc12. The first-order valence-corrected chi connectivity index (χ1v) is 10.8. The van der Waals surface area contributed by atoms with Crippen molar-refractivity contribution in [2.45, 2.75) is 0 Å². The third-order valence-electron chi connectivity index (χ3n) is 6.76.